The molecule has 0 fully saturated rings. The van der Waals surface area contributed by atoms with Gasteiger partial charge in [0, 0.05) is 0 Å². The summed E-state index contributed by atoms with van der Waals surface area (Å²) in [4.78, 5) is 0. The molecule has 374 valence electrons. The van der Waals surface area contributed by atoms with E-state index in [1.165, 1.54) is 0 Å². The fraction of sp³-hybridized carbons (Fsp3) is 0.234. The summed E-state index contributed by atoms with van der Waals surface area (Å²) < 4.78 is 364. The quantitative estimate of drug-likeness (QED) is 0.152. The third-order valence-corrected chi connectivity index (χ3v) is 13.3. The Morgan fingerprint density at radius 2 is 0.479 bits per heavy atom. The molecular formula is C47H18F24. The molecule has 0 unspecified atom stereocenters. The molecule has 24 heteroatoms. The highest BCUT2D eigenvalue weighted by atomic mass is 19.4. The van der Waals surface area contributed by atoms with Crippen LogP contribution in [0.15, 0.2) is 109 Å². The number of rotatable bonds is 2. The van der Waals surface area contributed by atoms with E-state index in [0.717, 1.165) is 12.1 Å². The second-order valence-corrected chi connectivity index (χ2v) is 16.7. The van der Waals surface area contributed by atoms with Crippen molar-refractivity contribution in [2.75, 3.05) is 0 Å². The maximum atomic E-state index is 15.7. The van der Waals surface area contributed by atoms with Crippen molar-refractivity contribution in [1.29, 1.82) is 0 Å². The molecule has 0 amide bonds. The fourth-order valence-corrected chi connectivity index (χ4v) is 10.6. The molecule has 0 saturated carbocycles. The zero-order chi connectivity index (χ0) is 52.6. The largest absolute Gasteiger partial charge is 0.417 e. The van der Waals surface area contributed by atoms with E-state index in [2.05, 4.69) is 0 Å². The van der Waals surface area contributed by atoms with E-state index < -0.39 is 166 Å². The number of halogens is 24. The second kappa shape index (κ2) is 14.4. The minimum Gasteiger partial charge on any atom is -0.169 e. The summed E-state index contributed by atoms with van der Waals surface area (Å²) in [6.45, 7) is 0. The average Bonchev–Trinajstić information content (AvgIpc) is 3.82. The molecule has 0 spiro atoms. The van der Waals surface area contributed by atoms with Crippen molar-refractivity contribution in [2.24, 2.45) is 0 Å². The Hall–Kier alpha value is -6.36. The molecule has 0 aromatic heterocycles. The minimum atomic E-state index is -6.80. The van der Waals surface area contributed by atoms with Gasteiger partial charge in [-0.25, -0.2) is 0 Å². The predicted molar refractivity (Wildman–Crippen MR) is 202 cm³/mol. The molecule has 0 radical (unpaired) electrons. The van der Waals surface area contributed by atoms with Crippen molar-refractivity contribution in [3.05, 3.63) is 154 Å². The van der Waals surface area contributed by atoms with Crippen LogP contribution in [0.5, 0.6) is 0 Å². The van der Waals surface area contributed by atoms with Crippen LogP contribution in [-0.2, 0) is 28.6 Å². The Morgan fingerprint density at radius 1 is 0.225 bits per heavy atom. The molecule has 3 aliphatic rings. The maximum absolute atomic E-state index is 15.7. The molecule has 6 aromatic rings. The van der Waals surface area contributed by atoms with Gasteiger partial charge in [0.15, 0.2) is 0 Å². The van der Waals surface area contributed by atoms with Crippen LogP contribution in [0.3, 0.4) is 0 Å². The van der Waals surface area contributed by atoms with Gasteiger partial charge in [-0.05, 0) is 125 Å². The topological polar surface area (TPSA) is 0 Å². The van der Waals surface area contributed by atoms with Crippen molar-refractivity contribution >= 4 is 0 Å². The second-order valence-electron chi connectivity index (χ2n) is 16.7. The molecule has 0 aliphatic heterocycles. The molecule has 9 rings (SSSR count). The Labute approximate surface area is 380 Å². The molecule has 6 aromatic carbocycles. The lowest BCUT2D eigenvalue weighted by atomic mass is 9.74. The minimum absolute atomic E-state index is 0.197. The maximum Gasteiger partial charge on any atom is 0.417 e. The summed E-state index contributed by atoms with van der Waals surface area (Å²) in [5.74, 6) is 0. The Morgan fingerprint density at radius 3 is 0.761 bits per heavy atom. The van der Waals surface area contributed by atoms with Crippen LogP contribution < -0.4 is 0 Å². The van der Waals surface area contributed by atoms with Gasteiger partial charge in [0.2, 0.25) is 16.2 Å². The molecular weight excluding hydrogens is 1020 g/mol. The third kappa shape index (κ3) is 6.32. The van der Waals surface area contributed by atoms with E-state index in [1.807, 2.05) is 0 Å². The van der Waals surface area contributed by atoms with Gasteiger partial charge in [-0.1, -0.05) is 72.8 Å². The first-order valence-electron chi connectivity index (χ1n) is 19.7. The van der Waals surface area contributed by atoms with E-state index in [9.17, 15) is 79.0 Å². The summed E-state index contributed by atoms with van der Waals surface area (Å²) in [5.41, 5.74) is -45.3. The lowest BCUT2D eigenvalue weighted by molar-refractivity contribution is -0.288. The number of hydrogen-bond acceptors (Lipinski definition) is 0. The molecule has 0 N–H and O–H groups in total. The monoisotopic (exact) mass is 1040 g/mol. The van der Waals surface area contributed by atoms with E-state index >= 15 is 26.3 Å². The lowest BCUT2D eigenvalue weighted by Crippen LogP contribution is -2.53. The molecule has 3 aliphatic carbocycles. The van der Waals surface area contributed by atoms with Gasteiger partial charge >= 0.3 is 49.4 Å². The van der Waals surface area contributed by atoms with Crippen LogP contribution in [0, 0.1) is 0 Å². The van der Waals surface area contributed by atoms with Crippen LogP contribution in [0.1, 0.15) is 44.5 Å². The van der Waals surface area contributed by atoms with Crippen LogP contribution in [0.25, 0.3) is 55.6 Å². The summed E-state index contributed by atoms with van der Waals surface area (Å²) in [6.07, 6.45) is -51.0. The van der Waals surface area contributed by atoms with Crippen LogP contribution in [0.2, 0.25) is 0 Å². The van der Waals surface area contributed by atoms with Gasteiger partial charge in [-0.15, -0.1) is 0 Å². The normalized spacial score (nSPS) is 17.1. The van der Waals surface area contributed by atoms with Gasteiger partial charge in [-0.2, -0.15) is 105 Å². The van der Waals surface area contributed by atoms with Crippen molar-refractivity contribution in [2.45, 2.75) is 65.7 Å². The first-order valence-corrected chi connectivity index (χ1v) is 19.7. The van der Waals surface area contributed by atoms with E-state index in [-0.39, 0.29) is 48.5 Å². The SMILES string of the molecule is FC(F)(F)c1cc2c(cc1-c1ccc3c(c1)C(C(F)(F)F)(C(F)(F)F)c1cc(-c4cc5c(cc4C(F)(F)F)-c4ccccc4C5(C(F)(F)F)C(F)(F)F)ccc1-3)C(C(F)(F)F)(C(F)(F)F)c1ccccc1-2. The Bertz CT molecular complexity index is 2960. The highest BCUT2D eigenvalue weighted by Crippen LogP contribution is 2.68. The van der Waals surface area contributed by atoms with Gasteiger partial charge in [-0.3, -0.25) is 0 Å². The molecule has 0 bridgehead atoms. The molecule has 0 heterocycles. The first kappa shape index (κ1) is 49.6. The van der Waals surface area contributed by atoms with Gasteiger partial charge in [0.1, 0.15) is 0 Å². The highest BCUT2D eigenvalue weighted by molar-refractivity contribution is 5.92. The fourth-order valence-electron chi connectivity index (χ4n) is 10.6. The summed E-state index contributed by atoms with van der Waals surface area (Å²) in [5, 5.41) is 0. The third-order valence-electron chi connectivity index (χ3n) is 13.3. The summed E-state index contributed by atoms with van der Waals surface area (Å²) in [6, 6.07) is 4.50. The summed E-state index contributed by atoms with van der Waals surface area (Å²) >= 11 is 0. The van der Waals surface area contributed by atoms with Crippen molar-refractivity contribution in [3.63, 3.8) is 0 Å². The first-order chi connectivity index (χ1) is 32.3. The van der Waals surface area contributed by atoms with Crippen LogP contribution in [0.4, 0.5) is 105 Å². The van der Waals surface area contributed by atoms with Gasteiger partial charge < -0.3 is 0 Å². The standard InChI is InChI=1S/C47H18F24/c48-40(49,50)35-17-27-21-5-1-3-7-29(21)37(42(54,55)56,43(57,58)59)33(27)15-25(35)19-9-11-23-24-12-10-20(14-32(24)39(31(23)13-19,46(66,67)68)47(69,70)71)26-16-34-28(18-36(26)41(51,52)53)22-6-2-4-8-30(22)38(34,44(60,61)62)45(63,64)65/h1-18H. The zero-order valence-corrected chi connectivity index (χ0v) is 34.0. The van der Waals surface area contributed by atoms with E-state index in [0.29, 0.717) is 48.5 Å². The van der Waals surface area contributed by atoms with E-state index in [1.54, 1.807) is 0 Å². The predicted octanol–water partition coefficient (Wildman–Crippen LogP) is 17.2. The van der Waals surface area contributed by atoms with Crippen LogP contribution in [-0.4, -0.2) is 37.1 Å². The number of fused-ring (bicyclic) bond motifs is 9. The number of alkyl halides is 24. The van der Waals surface area contributed by atoms with E-state index in [4.69, 9.17) is 0 Å². The smallest absolute Gasteiger partial charge is 0.169 e. The molecule has 0 saturated heterocycles. The lowest BCUT2D eigenvalue weighted by Gasteiger charge is -2.37. The van der Waals surface area contributed by atoms with Crippen molar-refractivity contribution in [1.82, 2.24) is 0 Å². The van der Waals surface area contributed by atoms with Crippen molar-refractivity contribution in [3.8, 4) is 55.6 Å². The van der Waals surface area contributed by atoms with Gasteiger partial charge in [0.25, 0.3) is 0 Å². The highest BCUT2D eigenvalue weighted by Gasteiger charge is 2.78. The number of hydrogen-bond donors (Lipinski definition) is 0. The Balaban J connectivity index is 1.33. The Kier molecular flexibility index (Phi) is 10.1. The molecule has 71 heavy (non-hydrogen) atoms. The summed E-state index contributed by atoms with van der Waals surface area (Å²) in [7, 11) is 0. The van der Waals surface area contributed by atoms with Crippen molar-refractivity contribution < 1.29 is 105 Å². The number of benzene rings is 6. The molecule has 0 nitrogen and oxygen atoms in total. The van der Waals surface area contributed by atoms with Gasteiger partial charge in [0.05, 0.1) is 11.1 Å². The van der Waals surface area contributed by atoms with Crippen LogP contribution >= 0.6 is 0 Å². The zero-order valence-electron chi connectivity index (χ0n) is 34.0. The average molecular weight is 1040 g/mol. The molecule has 0 atom stereocenters.